The number of nitrogens with zero attached hydrogens (tertiary/aromatic N) is 1. The minimum absolute atomic E-state index is 0.0375. The van der Waals surface area contributed by atoms with Crippen LogP contribution >= 0.6 is 11.6 Å². The van der Waals surface area contributed by atoms with Crippen molar-refractivity contribution in [3.05, 3.63) is 82.4 Å². The van der Waals surface area contributed by atoms with Crippen molar-refractivity contribution in [3.63, 3.8) is 0 Å². The number of hydrogen-bond acceptors (Lipinski definition) is 5. The van der Waals surface area contributed by atoms with Crippen LogP contribution in [0.25, 0.3) is 0 Å². The van der Waals surface area contributed by atoms with Gasteiger partial charge in [0.15, 0.2) is 11.5 Å². The Kier molecular flexibility index (Phi) is 6.23. The second-order valence-corrected chi connectivity index (χ2v) is 10.1. The normalized spacial score (nSPS) is 14.8. The number of benzene rings is 3. The summed E-state index contributed by atoms with van der Waals surface area (Å²) >= 11 is 6.35. The molecule has 1 atom stereocenters. The molecule has 0 bridgehead atoms. The number of primary amides is 1. The van der Waals surface area contributed by atoms with Crippen LogP contribution in [0, 0.1) is 6.92 Å². The molecule has 33 heavy (non-hydrogen) atoms. The van der Waals surface area contributed by atoms with Crippen molar-refractivity contribution in [2.45, 2.75) is 31.5 Å². The fourth-order valence-corrected chi connectivity index (χ4v) is 5.42. The molecule has 1 heterocycles. The molecular weight excluding hydrogens is 464 g/mol. The van der Waals surface area contributed by atoms with Gasteiger partial charge in [0.25, 0.3) is 10.0 Å². The smallest absolute Gasteiger partial charge is 0.264 e. The predicted octanol–water partition coefficient (Wildman–Crippen LogP) is 4.04. The number of amides is 1. The summed E-state index contributed by atoms with van der Waals surface area (Å²) in [5.74, 6) is -0.00217. The number of carbonyl (C=O) groups excluding carboxylic acids is 1. The Balaban J connectivity index is 1.81. The van der Waals surface area contributed by atoms with Gasteiger partial charge in [-0.3, -0.25) is 9.10 Å². The molecule has 0 aromatic heterocycles. The Hall–Kier alpha value is -3.23. The van der Waals surface area contributed by atoms with Crippen LogP contribution in [0.2, 0.25) is 5.02 Å². The molecule has 4 rings (SSSR count). The van der Waals surface area contributed by atoms with E-state index < -0.39 is 28.8 Å². The van der Waals surface area contributed by atoms with Crippen LogP contribution in [-0.2, 0) is 21.2 Å². The van der Waals surface area contributed by atoms with Crippen LogP contribution in [0.4, 0.5) is 5.69 Å². The second kappa shape index (κ2) is 8.96. The quantitative estimate of drug-likeness (QED) is 0.543. The zero-order valence-corrected chi connectivity index (χ0v) is 19.7. The fourth-order valence-electron chi connectivity index (χ4n) is 3.73. The molecule has 0 fully saturated rings. The van der Waals surface area contributed by atoms with Gasteiger partial charge in [0.1, 0.15) is 6.54 Å². The molecule has 172 valence electrons. The lowest BCUT2D eigenvalue weighted by Crippen LogP contribution is -2.39. The zero-order chi connectivity index (χ0) is 23.8. The average molecular weight is 487 g/mol. The number of rotatable bonds is 7. The van der Waals surface area contributed by atoms with Gasteiger partial charge >= 0.3 is 0 Å². The van der Waals surface area contributed by atoms with Crippen LogP contribution in [0.5, 0.6) is 11.5 Å². The maximum atomic E-state index is 13.7. The number of carbonyl (C=O) groups is 1. The van der Waals surface area contributed by atoms with E-state index in [1.54, 1.807) is 25.1 Å². The van der Waals surface area contributed by atoms with Gasteiger partial charge in [-0.2, -0.15) is 0 Å². The highest BCUT2D eigenvalue weighted by Gasteiger charge is 2.31. The SMILES string of the molecule is Cc1ccc(N(CC(N)=O)S(=O)(=O)c2ccc3c(c2)OC(C)O3)c(Cc2ccccc2Cl)c1. The van der Waals surface area contributed by atoms with E-state index in [1.165, 1.54) is 18.2 Å². The fraction of sp³-hybridized carbons (Fsp3) is 0.208. The largest absolute Gasteiger partial charge is 0.451 e. The van der Waals surface area contributed by atoms with Gasteiger partial charge < -0.3 is 15.2 Å². The lowest BCUT2D eigenvalue weighted by molar-refractivity contribution is -0.116. The molecule has 3 aromatic rings. The summed E-state index contributed by atoms with van der Waals surface area (Å²) in [7, 11) is -4.16. The maximum absolute atomic E-state index is 13.7. The number of anilines is 1. The predicted molar refractivity (Wildman–Crippen MR) is 126 cm³/mol. The summed E-state index contributed by atoms with van der Waals surface area (Å²) in [6.45, 7) is 3.10. The van der Waals surface area contributed by atoms with Crippen molar-refractivity contribution in [1.82, 2.24) is 0 Å². The van der Waals surface area contributed by atoms with Crippen molar-refractivity contribution in [2.75, 3.05) is 10.8 Å². The molecule has 0 radical (unpaired) electrons. The molecule has 1 aliphatic heterocycles. The first kappa shape index (κ1) is 22.9. The first-order valence-electron chi connectivity index (χ1n) is 10.3. The van der Waals surface area contributed by atoms with Gasteiger partial charge in [-0.15, -0.1) is 0 Å². The number of fused-ring (bicyclic) bond motifs is 1. The monoisotopic (exact) mass is 486 g/mol. The molecule has 0 aliphatic carbocycles. The number of nitrogens with two attached hydrogens (primary N) is 1. The molecule has 1 aliphatic rings. The van der Waals surface area contributed by atoms with E-state index in [0.29, 0.717) is 34.2 Å². The summed E-state index contributed by atoms with van der Waals surface area (Å²) < 4.78 is 39.4. The molecule has 2 N–H and O–H groups in total. The Morgan fingerprint density at radius 3 is 2.48 bits per heavy atom. The third-order valence-electron chi connectivity index (χ3n) is 5.23. The van der Waals surface area contributed by atoms with Gasteiger partial charge in [0, 0.05) is 24.4 Å². The van der Waals surface area contributed by atoms with Crippen LogP contribution in [0.15, 0.2) is 65.6 Å². The lowest BCUT2D eigenvalue weighted by atomic mass is 10.0. The first-order chi connectivity index (χ1) is 15.6. The van der Waals surface area contributed by atoms with Crippen molar-refractivity contribution in [1.29, 1.82) is 0 Å². The Labute approximate surface area is 197 Å². The highest BCUT2D eigenvalue weighted by Crippen LogP contribution is 2.38. The van der Waals surface area contributed by atoms with Crippen molar-refractivity contribution >= 4 is 33.2 Å². The maximum Gasteiger partial charge on any atom is 0.264 e. The topological polar surface area (TPSA) is 98.9 Å². The van der Waals surface area contributed by atoms with Crippen LogP contribution in [-0.4, -0.2) is 27.2 Å². The van der Waals surface area contributed by atoms with E-state index in [-0.39, 0.29) is 4.90 Å². The number of halogens is 1. The van der Waals surface area contributed by atoms with E-state index in [9.17, 15) is 13.2 Å². The van der Waals surface area contributed by atoms with Crippen molar-refractivity contribution in [2.24, 2.45) is 5.73 Å². The molecule has 3 aromatic carbocycles. The minimum atomic E-state index is -4.16. The molecule has 0 spiro atoms. The average Bonchev–Trinajstić information content (AvgIpc) is 3.13. The highest BCUT2D eigenvalue weighted by atomic mass is 35.5. The summed E-state index contributed by atoms with van der Waals surface area (Å²) in [6, 6.07) is 17.0. The van der Waals surface area contributed by atoms with Crippen LogP contribution < -0.4 is 19.5 Å². The van der Waals surface area contributed by atoms with Gasteiger partial charge in [-0.05, 0) is 42.3 Å². The molecule has 1 unspecified atom stereocenters. The van der Waals surface area contributed by atoms with E-state index >= 15 is 0 Å². The van der Waals surface area contributed by atoms with Gasteiger partial charge in [0.05, 0.1) is 10.6 Å². The standard InChI is InChI=1S/C24H23ClN2O5S/c1-15-7-9-21(18(11-15)12-17-5-3-4-6-20(17)25)27(14-24(26)28)33(29,30)19-8-10-22-23(13-19)32-16(2)31-22/h3-11,13,16H,12,14H2,1-2H3,(H2,26,28). The Morgan fingerprint density at radius 2 is 1.76 bits per heavy atom. The second-order valence-electron chi connectivity index (χ2n) is 7.79. The van der Waals surface area contributed by atoms with Gasteiger partial charge in [-0.1, -0.05) is 47.5 Å². The van der Waals surface area contributed by atoms with E-state index in [2.05, 4.69) is 0 Å². The minimum Gasteiger partial charge on any atom is -0.451 e. The first-order valence-corrected chi connectivity index (χ1v) is 12.1. The summed E-state index contributed by atoms with van der Waals surface area (Å²) in [6.07, 6.45) is -0.140. The third-order valence-corrected chi connectivity index (χ3v) is 7.36. The highest BCUT2D eigenvalue weighted by molar-refractivity contribution is 7.92. The molecular formula is C24H23ClN2O5S. The summed E-state index contributed by atoms with van der Waals surface area (Å²) in [5.41, 5.74) is 8.28. The summed E-state index contributed by atoms with van der Waals surface area (Å²) in [4.78, 5) is 11.9. The van der Waals surface area contributed by atoms with E-state index in [0.717, 1.165) is 15.4 Å². The number of ether oxygens (including phenoxy) is 2. The number of aryl methyl sites for hydroxylation is 1. The zero-order valence-electron chi connectivity index (χ0n) is 18.1. The number of sulfonamides is 1. The number of hydrogen-bond donors (Lipinski definition) is 1. The van der Waals surface area contributed by atoms with Crippen LogP contribution in [0.3, 0.4) is 0 Å². The molecule has 1 amide bonds. The van der Waals surface area contributed by atoms with Crippen molar-refractivity contribution in [3.8, 4) is 11.5 Å². The third kappa shape index (κ3) is 4.77. The molecule has 7 nitrogen and oxygen atoms in total. The Morgan fingerprint density at radius 1 is 1.03 bits per heavy atom. The summed E-state index contributed by atoms with van der Waals surface area (Å²) in [5, 5.41) is 0.569. The van der Waals surface area contributed by atoms with Crippen LogP contribution in [0.1, 0.15) is 23.6 Å². The Bertz CT molecular complexity index is 1330. The van der Waals surface area contributed by atoms with Gasteiger partial charge in [0.2, 0.25) is 12.2 Å². The molecule has 0 saturated heterocycles. The van der Waals surface area contributed by atoms with Crippen molar-refractivity contribution < 1.29 is 22.7 Å². The molecule has 0 saturated carbocycles. The van der Waals surface area contributed by atoms with Gasteiger partial charge in [-0.25, -0.2) is 8.42 Å². The molecule has 9 heteroatoms. The van der Waals surface area contributed by atoms with E-state index in [4.69, 9.17) is 26.8 Å². The van der Waals surface area contributed by atoms with E-state index in [1.807, 2.05) is 31.2 Å². The lowest BCUT2D eigenvalue weighted by Gasteiger charge is -2.26.